The summed E-state index contributed by atoms with van der Waals surface area (Å²) >= 11 is 0. The summed E-state index contributed by atoms with van der Waals surface area (Å²) in [6.07, 6.45) is 6.07. The summed E-state index contributed by atoms with van der Waals surface area (Å²) in [5.41, 5.74) is 3.91. The van der Waals surface area contributed by atoms with Crippen LogP contribution >= 0.6 is 0 Å². The maximum absolute atomic E-state index is 13.8. The van der Waals surface area contributed by atoms with Gasteiger partial charge in [0.25, 0.3) is 0 Å². The van der Waals surface area contributed by atoms with Gasteiger partial charge in [0.05, 0.1) is 19.2 Å². The zero-order valence-electron chi connectivity index (χ0n) is 23.0. The molecule has 3 atom stereocenters. The third-order valence-corrected chi connectivity index (χ3v) is 7.55. The van der Waals surface area contributed by atoms with Crippen LogP contribution in [0.2, 0.25) is 0 Å². The lowest BCUT2D eigenvalue weighted by molar-refractivity contribution is -0.139. The van der Waals surface area contributed by atoms with E-state index in [4.69, 9.17) is 9.47 Å². The molecule has 0 radical (unpaired) electrons. The van der Waals surface area contributed by atoms with E-state index in [1.807, 2.05) is 32.9 Å². The Labute approximate surface area is 225 Å². The quantitative estimate of drug-likeness (QED) is 0.549. The minimum absolute atomic E-state index is 0.201. The van der Waals surface area contributed by atoms with E-state index in [1.165, 1.54) is 10.5 Å². The van der Waals surface area contributed by atoms with Crippen molar-refractivity contribution in [2.75, 3.05) is 20.3 Å². The van der Waals surface area contributed by atoms with Crippen molar-refractivity contribution in [3.8, 4) is 11.1 Å². The lowest BCUT2D eigenvalue weighted by Crippen LogP contribution is -2.56. The molecule has 38 heavy (non-hydrogen) atoms. The summed E-state index contributed by atoms with van der Waals surface area (Å²) in [5, 5.41) is 2.76. The van der Waals surface area contributed by atoms with Gasteiger partial charge in [-0.2, -0.15) is 0 Å². The molecule has 3 aliphatic heterocycles. The lowest BCUT2D eigenvalue weighted by atomic mass is 9.85. The molecule has 3 aliphatic rings. The average molecular weight is 519 g/mol. The number of nitrogens with zero attached hydrogens (tertiary/aromatic N) is 1. The Balaban J connectivity index is 1.78. The monoisotopic (exact) mass is 518 g/mol. The first-order valence-corrected chi connectivity index (χ1v) is 13.2. The predicted molar refractivity (Wildman–Crippen MR) is 147 cm³/mol. The molecule has 0 aliphatic carbocycles. The molecule has 0 spiro atoms. The first-order chi connectivity index (χ1) is 18.1. The van der Waals surface area contributed by atoms with Gasteiger partial charge in [-0.05, 0) is 47.4 Å². The molecule has 2 amide bonds. The Morgan fingerprint density at radius 2 is 1.87 bits per heavy atom. The molecule has 0 unspecified atom stereocenters. The fourth-order valence-corrected chi connectivity index (χ4v) is 5.31. The molecule has 1 saturated heterocycles. The first-order valence-electron chi connectivity index (χ1n) is 13.2. The summed E-state index contributed by atoms with van der Waals surface area (Å²) in [6.45, 7) is 8.14. The van der Waals surface area contributed by atoms with E-state index in [-0.39, 0.29) is 19.1 Å². The molecule has 202 valence electrons. The average Bonchev–Trinajstić information content (AvgIpc) is 3.29. The van der Waals surface area contributed by atoms with Crippen molar-refractivity contribution in [2.45, 2.75) is 64.6 Å². The van der Waals surface area contributed by atoms with Crippen molar-refractivity contribution in [3.63, 3.8) is 0 Å². The molecule has 1 fully saturated rings. The maximum Gasteiger partial charge on any atom is 0.407 e. The van der Waals surface area contributed by atoms with E-state index in [9.17, 15) is 14.4 Å². The Morgan fingerprint density at radius 1 is 1.13 bits per heavy atom. The molecule has 5 rings (SSSR count). The van der Waals surface area contributed by atoms with E-state index < -0.39 is 29.2 Å². The zero-order valence-corrected chi connectivity index (χ0v) is 23.0. The highest BCUT2D eigenvalue weighted by molar-refractivity contribution is 5.89. The number of amides is 2. The van der Waals surface area contributed by atoms with Crippen LogP contribution in [0.5, 0.6) is 0 Å². The van der Waals surface area contributed by atoms with Crippen LogP contribution in [0, 0.1) is 12.3 Å². The van der Waals surface area contributed by atoms with Crippen LogP contribution in [0.25, 0.3) is 17.2 Å². The summed E-state index contributed by atoms with van der Waals surface area (Å²) in [4.78, 5) is 40.2. The van der Waals surface area contributed by atoms with E-state index in [0.29, 0.717) is 12.8 Å². The highest BCUT2D eigenvalue weighted by Crippen LogP contribution is 2.40. The number of nitrogens with one attached hydrogen (secondary N) is 1. The second-order valence-corrected chi connectivity index (χ2v) is 11.4. The van der Waals surface area contributed by atoms with Gasteiger partial charge in [-0.15, -0.1) is 0 Å². The van der Waals surface area contributed by atoms with Crippen LogP contribution in [0.15, 0.2) is 48.5 Å². The van der Waals surface area contributed by atoms with Gasteiger partial charge in [-0.25, -0.2) is 4.79 Å². The fourth-order valence-electron chi connectivity index (χ4n) is 5.31. The lowest BCUT2D eigenvalue weighted by Gasteiger charge is -2.35. The Morgan fingerprint density at radius 3 is 2.53 bits per heavy atom. The molecule has 0 aromatic heterocycles. The Hall–Kier alpha value is -3.45. The third kappa shape index (κ3) is 5.68. The smallest absolute Gasteiger partial charge is 0.407 e. The van der Waals surface area contributed by atoms with Gasteiger partial charge in [0.2, 0.25) is 5.91 Å². The maximum atomic E-state index is 13.8. The number of ether oxygens (including phenoxy) is 2. The van der Waals surface area contributed by atoms with Gasteiger partial charge in [0.1, 0.15) is 17.9 Å². The number of alkyl carbamates (subject to hydrolysis) is 1. The molecule has 2 aromatic rings. The Bertz CT molecular complexity index is 1210. The van der Waals surface area contributed by atoms with Gasteiger partial charge >= 0.3 is 6.09 Å². The summed E-state index contributed by atoms with van der Waals surface area (Å²) < 4.78 is 11.4. The van der Waals surface area contributed by atoms with Crippen LogP contribution in [0.4, 0.5) is 4.79 Å². The van der Waals surface area contributed by atoms with Gasteiger partial charge < -0.3 is 24.5 Å². The Kier molecular flexibility index (Phi) is 8.07. The van der Waals surface area contributed by atoms with E-state index in [2.05, 4.69) is 54.7 Å². The number of carbonyl (C=O) groups is 3. The van der Waals surface area contributed by atoms with Crippen molar-refractivity contribution >= 4 is 24.4 Å². The van der Waals surface area contributed by atoms with Crippen LogP contribution in [0.1, 0.15) is 56.7 Å². The fraction of sp³-hybridized carbons (Fsp3) is 0.452. The van der Waals surface area contributed by atoms with Crippen LogP contribution < -0.4 is 5.32 Å². The second kappa shape index (κ2) is 11.1. The SMILES string of the molecule is CO[C@@]12C[C@@H](C=O)N(C1)C(=O)[C@H](C(C)(C)C)NC(=O)OCCC/C=C/c1ccc(C)cc1-c1ccc2cc1. The number of fused-ring (bicyclic) bond motifs is 10. The first kappa shape index (κ1) is 27.6. The number of benzene rings is 2. The number of allylic oxidation sites excluding steroid dienone is 1. The molecule has 3 heterocycles. The van der Waals surface area contributed by atoms with Gasteiger partial charge in [0.15, 0.2) is 0 Å². The molecule has 0 saturated carbocycles. The summed E-state index contributed by atoms with van der Waals surface area (Å²) in [6, 6.07) is 13.0. The standard InChI is InChI=1S/C31H38N2O5/c1-21-10-11-22-9-7-6-8-16-38-29(36)32-27(30(2,3)4)28(35)33-20-31(37-5,18-25(33)19-34)24-14-12-23(13-15-24)26(22)17-21/h7,9-15,17,19,25,27H,6,8,16,18,20H2,1-5H3,(H,32,36)/b9-7+/t25-,27+,31-/m0/s1. The number of rotatable bonds is 2. The minimum Gasteiger partial charge on any atom is -0.450 e. The van der Waals surface area contributed by atoms with Gasteiger partial charge in [0, 0.05) is 13.5 Å². The molecule has 4 bridgehead atoms. The molecular formula is C31H38N2O5. The highest BCUT2D eigenvalue weighted by atomic mass is 16.5. The second-order valence-electron chi connectivity index (χ2n) is 11.4. The van der Waals surface area contributed by atoms with Crippen LogP contribution in [-0.4, -0.2) is 55.5 Å². The van der Waals surface area contributed by atoms with Crippen molar-refractivity contribution < 1.29 is 23.9 Å². The number of carbonyl (C=O) groups excluding carboxylic acids is 3. The van der Waals surface area contributed by atoms with Crippen LogP contribution in [0.3, 0.4) is 0 Å². The molecule has 2 aromatic carbocycles. The van der Waals surface area contributed by atoms with Crippen molar-refractivity contribution in [1.29, 1.82) is 0 Å². The van der Waals surface area contributed by atoms with E-state index in [0.717, 1.165) is 35.0 Å². The van der Waals surface area contributed by atoms with Gasteiger partial charge in [-0.1, -0.05) is 81.0 Å². The number of hydrogen-bond acceptors (Lipinski definition) is 5. The third-order valence-electron chi connectivity index (χ3n) is 7.55. The van der Waals surface area contributed by atoms with Crippen molar-refractivity contribution in [1.82, 2.24) is 10.2 Å². The topological polar surface area (TPSA) is 84.9 Å². The number of hydrogen-bond donors (Lipinski definition) is 1. The summed E-state index contributed by atoms with van der Waals surface area (Å²) in [5.74, 6) is -0.327. The van der Waals surface area contributed by atoms with Gasteiger partial charge in [-0.3, -0.25) is 4.79 Å². The molecule has 7 nitrogen and oxygen atoms in total. The zero-order chi connectivity index (χ0) is 27.5. The number of aldehydes is 1. The van der Waals surface area contributed by atoms with E-state index in [1.54, 1.807) is 7.11 Å². The highest BCUT2D eigenvalue weighted by Gasteiger charge is 2.50. The van der Waals surface area contributed by atoms with Crippen molar-refractivity contribution in [3.05, 3.63) is 65.2 Å². The van der Waals surface area contributed by atoms with E-state index >= 15 is 0 Å². The predicted octanol–water partition coefficient (Wildman–Crippen LogP) is 5.25. The van der Waals surface area contributed by atoms with Crippen LogP contribution in [-0.2, 0) is 24.7 Å². The summed E-state index contributed by atoms with van der Waals surface area (Å²) in [7, 11) is 1.61. The number of aryl methyl sites for hydroxylation is 1. The molecule has 1 N–H and O–H groups in total. The molecule has 7 heteroatoms. The number of methoxy groups -OCH3 is 1. The van der Waals surface area contributed by atoms with Crippen molar-refractivity contribution in [2.24, 2.45) is 5.41 Å². The minimum atomic E-state index is -0.868. The molecular weight excluding hydrogens is 480 g/mol. The largest absolute Gasteiger partial charge is 0.450 e. The normalized spacial score (nSPS) is 25.4.